The van der Waals surface area contributed by atoms with Crippen LogP contribution in [0.3, 0.4) is 0 Å². The number of carboxylic acid groups (broad SMARTS) is 1. The van der Waals surface area contributed by atoms with Gasteiger partial charge in [-0.1, -0.05) is 20.3 Å². The average molecular weight is 200 g/mol. The molecule has 1 saturated carbocycles. The van der Waals surface area contributed by atoms with Gasteiger partial charge in [-0.2, -0.15) is 0 Å². The first-order valence-corrected chi connectivity index (χ1v) is 5.42. The van der Waals surface area contributed by atoms with Gasteiger partial charge in [0.15, 0.2) is 5.60 Å². The average Bonchev–Trinajstić information content (AvgIpc) is 2.13. The van der Waals surface area contributed by atoms with Gasteiger partial charge in [0.05, 0.1) is 0 Å². The quantitative estimate of drug-likeness (QED) is 0.760. The maximum absolute atomic E-state index is 11.3. The first kappa shape index (κ1) is 11.5. The lowest BCUT2D eigenvalue weighted by molar-refractivity contribution is -0.182. The molecular weight excluding hydrogens is 180 g/mol. The van der Waals surface area contributed by atoms with Gasteiger partial charge in [-0.3, -0.25) is 0 Å². The van der Waals surface area contributed by atoms with Crippen LogP contribution in [0, 0.1) is 11.8 Å². The molecule has 82 valence electrons. The predicted octanol–water partition coefficient (Wildman–Crippen LogP) is 2.30. The molecule has 3 atom stereocenters. The Kier molecular flexibility index (Phi) is 3.53. The van der Waals surface area contributed by atoms with Crippen molar-refractivity contribution in [2.75, 3.05) is 6.61 Å². The molecule has 0 saturated heterocycles. The van der Waals surface area contributed by atoms with E-state index in [1.54, 1.807) is 0 Å². The monoisotopic (exact) mass is 200 g/mol. The highest BCUT2D eigenvalue weighted by atomic mass is 16.5. The van der Waals surface area contributed by atoms with Gasteiger partial charge >= 0.3 is 5.97 Å². The molecule has 1 aliphatic carbocycles. The summed E-state index contributed by atoms with van der Waals surface area (Å²) in [5.74, 6) is -0.251. The van der Waals surface area contributed by atoms with Gasteiger partial charge in [0.1, 0.15) is 0 Å². The van der Waals surface area contributed by atoms with Crippen LogP contribution in [0.15, 0.2) is 0 Å². The van der Waals surface area contributed by atoms with E-state index in [-0.39, 0.29) is 5.92 Å². The normalized spacial score (nSPS) is 38.2. The fraction of sp³-hybridized carbons (Fsp3) is 0.909. The van der Waals surface area contributed by atoms with Crippen LogP contribution < -0.4 is 0 Å². The van der Waals surface area contributed by atoms with E-state index in [9.17, 15) is 9.90 Å². The Balaban J connectivity index is 2.88. The second-order valence-electron chi connectivity index (χ2n) is 4.29. The van der Waals surface area contributed by atoms with E-state index in [4.69, 9.17) is 4.74 Å². The molecule has 0 aliphatic heterocycles. The van der Waals surface area contributed by atoms with Crippen molar-refractivity contribution >= 4 is 5.97 Å². The molecule has 14 heavy (non-hydrogen) atoms. The van der Waals surface area contributed by atoms with E-state index in [2.05, 4.69) is 6.92 Å². The van der Waals surface area contributed by atoms with E-state index in [0.717, 1.165) is 12.8 Å². The molecule has 3 nitrogen and oxygen atoms in total. The van der Waals surface area contributed by atoms with Crippen molar-refractivity contribution < 1.29 is 14.6 Å². The first-order valence-electron chi connectivity index (χ1n) is 5.42. The molecule has 1 aliphatic rings. The summed E-state index contributed by atoms with van der Waals surface area (Å²) in [6, 6.07) is 0. The Labute approximate surface area is 85.5 Å². The topological polar surface area (TPSA) is 46.5 Å². The van der Waals surface area contributed by atoms with E-state index >= 15 is 0 Å². The number of rotatable bonds is 3. The molecular formula is C11H20O3. The molecule has 0 amide bonds. The molecule has 3 unspecified atom stereocenters. The van der Waals surface area contributed by atoms with E-state index in [0.29, 0.717) is 18.9 Å². The SMILES string of the molecule is CCOC1(C(=O)O)CCCC(C)C1C. The molecule has 1 fully saturated rings. The molecule has 3 heteroatoms. The Hall–Kier alpha value is -0.570. The van der Waals surface area contributed by atoms with Crippen molar-refractivity contribution in [3.8, 4) is 0 Å². The van der Waals surface area contributed by atoms with Crippen LogP contribution in [0.4, 0.5) is 0 Å². The summed E-state index contributed by atoms with van der Waals surface area (Å²) >= 11 is 0. The standard InChI is InChI=1S/C11H20O3/c1-4-14-11(10(12)13)7-5-6-8(2)9(11)3/h8-9H,4-7H2,1-3H3,(H,12,13). The summed E-state index contributed by atoms with van der Waals surface area (Å²) in [6.45, 7) is 6.44. The highest BCUT2D eigenvalue weighted by molar-refractivity contribution is 5.78. The third-order valence-corrected chi connectivity index (χ3v) is 3.56. The van der Waals surface area contributed by atoms with Crippen LogP contribution in [0.25, 0.3) is 0 Å². The summed E-state index contributed by atoms with van der Waals surface area (Å²) < 4.78 is 5.52. The molecule has 0 heterocycles. The zero-order valence-electron chi connectivity index (χ0n) is 9.25. The molecule has 0 spiro atoms. The number of hydrogen-bond acceptors (Lipinski definition) is 2. The van der Waals surface area contributed by atoms with Crippen molar-refractivity contribution in [2.24, 2.45) is 11.8 Å². The maximum atomic E-state index is 11.3. The fourth-order valence-electron chi connectivity index (χ4n) is 2.45. The van der Waals surface area contributed by atoms with Gasteiger partial charge in [-0.05, 0) is 31.6 Å². The summed E-state index contributed by atoms with van der Waals surface area (Å²) in [7, 11) is 0. The van der Waals surface area contributed by atoms with Crippen LogP contribution in [0.2, 0.25) is 0 Å². The Morgan fingerprint density at radius 2 is 2.21 bits per heavy atom. The number of hydrogen-bond donors (Lipinski definition) is 1. The van der Waals surface area contributed by atoms with Crippen molar-refractivity contribution in [3.05, 3.63) is 0 Å². The second kappa shape index (κ2) is 4.30. The Bertz CT molecular complexity index is 211. The number of carboxylic acids is 1. The molecule has 0 radical (unpaired) electrons. The minimum absolute atomic E-state index is 0.105. The van der Waals surface area contributed by atoms with Crippen molar-refractivity contribution in [3.63, 3.8) is 0 Å². The summed E-state index contributed by atoms with van der Waals surface area (Å²) in [6.07, 6.45) is 2.72. The van der Waals surface area contributed by atoms with E-state index < -0.39 is 11.6 Å². The van der Waals surface area contributed by atoms with Gasteiger partial charge in [0.2, 0.25) is 0 Å². The van der Waals surface area contributed by atoms with E-state index in [1.807, 2.05) is 13.8 Å². The van der Waals surface area contributed by atoms with E-state index in [1.165, 1.54) is 0 Å². The Morgan fingerprint density at radius 1 is 1.57 bits per heavy atom. The molecule has 0 aromatic carbocycles. The van der Waals surface area contributed by atoms with Crippen LogP contribution in [0.1, 0.15) is 40.0 Å². The summed E-state index contributed by atoms with van der Waals surface area (Å²) in [5, 5.41) is 9.28. The lowest BCUT2D eigenvalue weighted by Crippen LogP contribution is -2.51. The Morgan fingerprint density at radius 3 is 2.71 bits per heavy atom. The molecule has 0 bridgehead atoms. The third kappa shape index (κ3) is 1.78. The van der Waals surface area contributed by atoms with Crippen LogP contribution in [-0.4, -0.2) is 23.3 Å². The van der Waals surface area contributed by atoms with Crippen LogP contribution in [0.5, 0.6) is 0 Å². The van der Waals surface area contributed by atoms with Crippen LogP contribution in [-0.2, 0) is 9.53 Å². The zero-order valence-corrected chi connectivity index (χ0v) is 9.25. The number of ether oxygens (including phenoxy) is 1. The second-order valence-corrected chi connectivity index (χ2v) is 4.29. The maximum Gasteiger partial charge on any atom is 0.336 e. The smallest absolute Gasteiger partial charge is 0.336 e. The van der Waals surface area contributed by atoms with Gasteiger partial charge < -0.3 is 9.84 Å². The first-order chi connectivity index (χ1) is 6.54. The third-order valence-electron chi connectivity index (χ3n) is 3.56. The lowest BCUT2D eigenvalue weighted by Gasteiger charge is -2.42. The summed E-state index contributed by atoms with van der Waals surface area (Å²) in [5.41, 5.74) is -0.924. The zero-order chi connectivity index (χ0) is 10.8. The lowest BCUT2D eigenvalue weighted by atomic mass is 9.70. The largest absolute Gasteiger partial charge is 0.479 e. The molecule has 1 rings (SSSR count). The molecule has 1 N–H and O–H groups in total. The predicted molar refractivity (Wildman–Crippen MR) is 54.2 cm³/mol. The van der Waals surface area contributed by atoms with Gasteiger partial charge in [-0.25, -0.2) is 4.79 Å². The highest BCUT2D eigenvalue weighted by Gasteiger charge is 2.48. The fourth-order valence-corrected chi connectivity index (χ4v) is 2.45. The molecule has 0 aromatic heterocycles. The number of aliphatic carboxylic acids is 1. The minimum Gasteiger partial charge on any atom is -0.479 e. The van der Waals surface area contributed by atoms with Crippen molar-refractivity contribution in [2.45, 2.75) is 45.6 Å². The van der Waals surface area contributed by atoms with Crippen LogP contribution >= 0.6 is 0 Å². The van der Waals surface area contributed by atoms with Gasteiger partial charge in [0.25, 0.3) is 0 Å². The van der Waals surface area contributed by atoms with Crippen molar-refractivity contribution in [1.29, 1.82) is 0 Å². The highest BCUT2D eigenvalue weighted by Crippen LogP contribution is 2.40. The number of carbonyl (C=O) groups is 1. The van der Waals surface area contributed by atoms with Gasteiger partial charge in [0, 0.05) is 6.61 Å². The van der Waals surface area contributed by atoms with Gasteiger partial charge in [-0.15, -0.1) is 0 Å². The molecule has 0 aromatic rings. The van der Waals surface area contributed by atoms with Crippen molar-refractivity contribution in [1.82, 2.24) is 0 Å². The minimum atomic E-state index is -0.924. The summed E-state index contributed by atoms with van der Waals surface area (Å²) in [4.78, 5) is 11.3.